The molecule has 1 aliphatic heterocycles. The highest BCUT2D eigenvalue weighted by atomic mass is 16.5. The summed E-state index contributed by atoms with van der Waals surface area (Å²) in [5.41, 5.74) is 0. The fourth-order valence-electron chi connectivity index (χ4n) is 1.82. The minimum absolute atomic E-state index is 0.132. The zero-order chi connectivity index (χ0) is 8.55. The van der Waals surface area contributed by atoms with E-state index in [2.05, 4.69) is 6.58 Å². The standard InChI is InChI=1S/C10H12O2/c1-2-9-5-7-3-4-8(11)6-10(7)12-9/h2,6-7,9H,1,3-5H2/t7-,9+/m1/s1. The van der Waals surface area contributed by atoms with E-state index in [1.807, 2.05) is 6.08 Å². The van der Waals surface area contributed by atoms with Crippen LogP contribution in [0.3, 0.4) is 0 Å². The van der Waals surface area contributed by atoms with Crippen molar-refractivity contribution in [2.24, 2.45) is 5.92 Å². The Morgan fingerprint density at radius 2 is 2.50 bits per heavy atom. The summed E-state index contributed by atoms with van der Waals surface area (Å²) in [6, 6.07) is 0. The van der Waals surface area contributed by atoms with Crippen LogP contribution < -0.4 is 0 Å². The zero-order valence-corrected chi connectivity index (χ0v) is 6.95. The minimum Gasteiger partial charge on any atom is -0.490 e. The summed E-state index contributed by atoms with van der Waals surface area (Å²) in [4.78, 5) is 11.0. The van der Waals surface area contributed by atoms with E-state index < -0.39 is 0 Å². The molecular formula is C10H12O2. The maximum Gasteiger partial charge on any atom is 0.159 e. The first kappa shape index (κ1) is 7.59. The van der Waals surface area contributed by atoms with Gasteiger partial charge >= 0.3 is 0 Å². The summed E-state index contributed by atoms with van der Waals surface area (Å²) in [7, 11) is 0. The maximum atomic E-state index is 11.0. The lowest BCUT2D eigenvalue weighted by Crippen LogP contribution is -2.09. The van der Waals surface area contributed by atoms with Gasteiger partial charge in [0.25, 0.3) is 0 Å². The summed E-state index contributed by atoms with van der Waals surface area (Å²) in [5.74, 6) is 1.56. The van der Waals surface area contributed by atoms with Crippen molar-refractivity contribution in [1.82, 2.24) is 0 Å². The maximum absolute atomic E-state index is 11.0. The van der Waals surface area contributed by atoms with Crippen molar-refractivity contribution in [3.8, 4) is 0 Å². The Labute approximate surface area is 71.9 Å². The Balaban J connectivity index is 2.17. The Morgan fingerprint density at radius 1 is 1.67 bits per heavy atom. The van der Waals surface area contributed by atoms with Crippen molar-refractivity contribution >= 4 is 5.78 Å². The molecule has 0 aromatic rings. The van der Waals surface area contributed by atoms with Crippen LogP contribution in [0, 0.1) is 5.92 Å². The van der Waals surface area contributed by atoms with Crippen LogP contribution in [0.25, 0.3) is 0 Å². The first-order valence-corrected chi connectivity index (χ1v) is 4.33. The highest BCUT2D eigenvalue weighted by molar-refractivity contribution is 5.91. The van der Waals surface area contributed by atoms with Crippen molar-refractivity contribution in [3.63, 3.8) is 0 Å². The molecule has 2 atom stereocenters. The summed E-state index contributed by atoms with van der Waals surface area (Å²) in [6.07, 6.45) is 6.23. The van der Waals surface area contributed by atoms with Crippen molar-refractivity contribution in [3.05, 3.63) is 24.5 Å². The van der Waals surface area contributed by atoms with E-state index in [9.17, 15) is 4.79 Å². The second-order valence-corrected chi connectivity index (χ2v) is 3.38. The molecule has 2 aliphatic rings. The second-order valence-electron chi connectivity index (χ2n) is 3.38. The van der Waals surface area contributed by atoms with Gasteiger partial charge in [-0.25, -0.2) is 0 Å². The van der Waals surface area contributed by atoms with Gasteiger partial charge < -0.3 is 4.74 Å². The molecule has 1 saturated heterocycles. The molecule has 2 rings (SSSR count). The smallest absolute Gasteiger partial charge is 0.159 e. The summed E-state index contributed by atoms with van der Waals surface area (Å²) >= 11 is 0. The molecule has 2 nitrogen and oxygen atoms in total. The van der Waals surface area contributed by atoms with E-state index in [1.54, 1.807) is 6.08 Å². The Kier molecular flexibility index (Phi) is 1.75. The van der Waals surface area contributed by atoms with Crippen LogP contribution in [0.15, 0.2) is 24.5 Å². The van der Waals surface area contributed by atoms with Gasteiger partial charge in [-0.2, -0.15) is 0 Å². The van der Waals surface area contributed by atoms with E-state index in [4.69, 9.17) is 4.74 Å². The number of ether oxygens (including phenoxy) is 1. The monoisotopic (exact) mass is 164 g/mol. The molecule has 0 unspecified atom stereocenters. The third kappa shape index (κ3) is 1.17. The molecule has 0 spiro atoms. The molecule has 0 bridgehead atoms. The molecule has 0 aromatic heterocycles. The minimum atomic E-state index is 0.132. The van der Waals surface area contributed by atoms with Crippen LogP contribution in [0.1, 0.15) is 19.3 Å². The number of hydrogen-bond acceptors (Lipinski definition) is 2. The summed E-state index contributed by atoms with van der Waals surface area (Å²) in [5, 5.41) is 0. The molecule has 0 amide bonds. The molecular weight excluding hydrogens is 152 g/mol. The molecule has 1 heterocycles. The van der Waals surface area contributed by atoms with Gasteiger partial charge in [0.1, 0.15) is 11.9 Å². The van der Waals surface area contributed by atoms with Crippen LogP contribution in [0.2, 0.25) is 0 Å². The van der Waals surface area contributed by atoms with Gasteiger partial charge in [0, 0.05) is 18.4 Å². The van der Waals surface area contributed by atoms with E-state index >= 15 is 0 Å². The average Bonchev–Trinajstić information content (AvgIpc) is 2.46. The lowest BCUT2D eigenvalue weighted by atomic mass is 9.91. The molecule has 0 radical (unpaired) electrons. The van der Waals surface area contributed by atoms with Gasteiger partial charge in [-0.1, -0.05) is 12.7 Å². The van der Waals surface area contributed by atoms with Crippen LogP contribution in [0.4, 0.5) is 0 Å². The number of fused-ring (bicyclic) bond motifs is 1. The molecule has 64 valence electrons. The SMILES string of the molecule is C=C[C@H]1C[C@H]2CCC(=O)C=C2O1. The van der Waals surface area contributed by atoms with Crippen LogP contribution in [-0.4, -0.2) is 11.9 Å². The average molecular weight is 164 g/mol. The van der Waals surface area contributed by atoms with Crippen molar-refractivity contribution in [2.45, 2.75) is 25.4 Å². The number of allylic oxidation sites excluding steroid dienone is 2. The van der Waals surface area contributed by atoms with Crippen molar-refractivity contribution < 1.29 is 9.53 Å². The van der Waals surface area contributed by atoms with Crippen LogP contribution in [-0.2, 0) is 9.53 Å². The van der Waals surface area contributed by atoms with Gasteiger partial charge in [0.2, 0.25) is 0 Å². The number of ketones is 1. The molecule has 1 aliphatic carbocycles. The lowest BCUT2D eigenvalue weighted by Gasteiger charge is -2.12. The number of carbonyl (C=O) groups excluding carboxylic acids is 1. The van der Waals surface area contributed by atoms with Crippen molar-refractivity contribution in [2.75, 3.05) is 0 Å². The highest BCUT2D eigenvalue weighted by Crippen LogP contribution is 2.36. The van der Waals surface area contributed by atoms with E-state index in [0.29, 0.717) is 12.3 Å². The highest BCUT2D eigenvalue weighted by Gasteiger charge is 2.32. The Morgan fingerprint density at radius 3 is 3.25 bits per heavy atom. The van der Waals surface area contributed by atoms with Crippen molar-refractivity contribution in [1.29, 1.82) is 0 Å². The number of carbonyl (C=O) groups is 1. The second kappa shape index (κ2) is 2.77. The lowest BCUT2D eigenvalue weighted by molar-refractivity contribution is -0.115. The fourth-order valence-corrected chi connectivity index (χ4v) is 1.82. The predicted octanol–water partition coefficient (Wildman–Crippen LogP) is 1.82. The quantitative estimate of drug-likeness (QED) is 0.552. The normalized spacial score (nSPS) is 33.7. The van der Waals surface area contributed by atoms with E-state index in [1.165, 1.54) is 0 Å². The number of rotatable bonds is 1. The molecule has 2 heteroatoms. The summed E-state index contributed by atoms with van der Waals surface area (Å²) < 4.78 is 5.51. The zero-order valence-electron chi connectivity index (χ0n) is 6.95. The fraction of sp³-hybridized carbons (Fsp3) is 0.500. The molecule has 12 heavy (non-hydrogen) atoms. The van der Waals surface area contributed by atoms with E-state index in [-0.39, 0.29) is 11.9 Å². The predicted molar refractivity (Wildman–Crippen MR) is 45.5 cm³/mol. The number of hydrogen-bond donors (Lipinski definition) is 0. The van der Waals surface area contributed by atoms with Crippen LogP contribution in [0.5, 0.6) is 0 Å². The third-order valence-electron chi connectivity index (χ3n) is 2.51. The molecule has 0 saturated carbocycles. The third-order valence-corrected chi connectivity index (χ3v) is 2.51. The summed E-state index contributed by atoms with van der Waals surface area (Å²) in [6.45, 7) is 3.68. The molecule has 0 aromatic carbocycles. The van der Waals surface area contributed by atoms with E-state index in [0.717, 1.165) is 18.6 Å². The molecule has 1 fully saturated rings. The molecule has 0 N–H and O–H groups in total. The van der Waals surface area contributed by atoms with Gasteiger partial charge in [0.05, 0.1) is 0 Å². The van der Waals surface area contributed by atoms with Gasteiger partial charge in [-0.3, -0.25) is 4.79 Å². The van der Waals surface area contributed by atoms with Gasteiger partial charge in [0.15, 0.2) is 5.78 Å². The van der Waals surface area contributed by atoms with Gasteiger partial charge in [-0.05, 0) is 12.8 Å². The van der Waals surface area contributed by atoms with Crippen LogP contribution >= 0.6 is 0 Å². The Bertz CT molecular complexity index is 253. The Hall–Kier alpha value is -1.05. The first-order valence-electron chi connectivity index (χ1n) is 4.33. The van der Waals surface area contributed by atoms with Gasteiger partial charge in [-0.15, -0.1) is 0 Å². The topological polar surface area (TPSA) is 26.3 Å². The largest absolute Gasteiger partial charge is 0.490 e. The first-order chi connectivity index (χ1) is 5.79.